The minimum atomic E-state index is -0.617. The SMILES string of the molecule is NCc1nccc2cc(F)cc(F)c12. The zero-order chi connectivity index (χ0) is 10.1. The standard InChI is InChI=1S/C10H8F2N2/c11-7-3-6-1-2-14-9(5-13)10(6)8(12)4-7/h1-4H,5,13H2. The van der Waals surface area contributed by atoms with Crippen molar-refractivity contribution >= 4 is 10.8 Å². The first-order valence-electron chi connectivity index (χ1n) is 4.15. The second-order valence-corrected chi connectivity index (χ2v) is 2.95. The van der Waals surface area contributed by atoms with E-state index in [0.29, 0.717) is 16.5 Å². The Balaban J connectivity index is 2.87. The highest BCUT2D eigenvalue weighted by atomic mass is 19.1. The average molecular weight is 194 g/mol. The van der Waals surface area contributed by atoms with Crippen LogP contribution in [-0.2, 0) is 6.54 Å². The number of hydrogen-bond acceptors (Lipinski definition) is 2. The molecule has 72 valence electrons. The summed E-state index contributed by atoms with van der Waals surface area (Å²) in [7, 11) is 0. The smallest absolute Gasteiger partial charge is 0.135 e. The second-order valence-electron chi connectivity index (χ2n) is 2.95. The van der Waals surface area contributed by atoms with E-state index in [1.165, 1.54) is 12.3 Å². The van der Waals surface area contributed by atoms with Gasteiger partial charge in [0, 0.05) is 24.2 Å². The van der Waals surface area contributed by atoms with Crippen LogP contribution in [0.3, 0.4) is 0 Å². The molecule has 0 unspecified atom stereocenters. The first-order chi connectivity index (χ1) is 6.72. The summed E-state index contributed by atoms with van der Waals surface area (Å²) in [4.78, 5) is 3.93. The lowest BCUT2D eigenvalue weighted by Crippen LogP contribution is -2.01. The van der Waals surface area contributed by atoms with E-state index in [1.54, 1.807) is 6.07 Å². The van der Waals surface area contributed by atoms with Gasteiger partial charge in [-0.1, -0.05) is 0 Å². The van der Waals surface area contributed by atoms with E-state index < -0.39 is 11.6 Å². The van der Waals surface area contributed by atoms with Gasteiger partial charge in [-0.25, -0.2) is 8.78 Å². The third-order valence-electron chi connectivity index (χ3n) is 2.05. The van der Waals surface area contributed by atoms with Gasteiger partial charge in [0.1, 0.15) is 11.6 Å². The largest absolute Gasteiger partial charge is 0.325 e. The molecule has 2 nitrogen and oxygen atoms in total. The van der Waals surface area contributed by atoms with Crippen molar-refractivity contribution in [3.8, 4) is 0 Å². The Morgan fingerprint density at radius 1 is 1.29 bits per heavy atom. The molecule has 0 saturated heterocycles. The summed E-state index contributed by atoms with van der Waals surface area (Å²) in [5.74, 6) is -1.21. The number of nitrogens with zero attached hydrogens (tertiary/aromatic N) is 1. The summed E-state index contributed by atoms with van der Waals surface area (Å²) < 4.78 is 26.2. The molecule has 1 aromatic carbocycles. The fourth-order valence-electron chi connectivity index (χ4n) is 1.46. The van der Waals surface area contributed by atoms with Gasteiger partial charge in [-0.2, -0.15) is 0 Å². The maximum Gasteiger partial charge on any atom is 0.135 e. The lowest BCUT2D eigenvalue weighted by atomic mass is 10.1. The van der Waals surface area contributed by atoms with Crippen LogP contribution in [-0.4, -0.2) is 4.98 Å². The molecule has 0 atom stereocenters. The number of fused-ring (bicyclic) bond motifs is 1. The number of benzene rings is 1. The maximum absolute atomic E-state index is 13.4. The van der Waals surface area contributed by atoms with E-state index in [1.807, 2.05) is 0 Å². The van der Waals surface area contributed by atoms with E-state index in [2.05, 4.69) is 4.98 Å². The fourth-order valence-corrected chi connectivity index (χ4v) is 1.46. The summed E-state index contributed by atoms with van der Waals surface area (Å²) >= 11 is 0. The van der Waals surface area contributed by atoms with Crippen molar-refractivity contribution in [2.24, 2.45) is 5.73 Å². The quantitative estimate of drug-likeness (QED) is 0.753. The number of aromatic nitrogens is 1. The molecule has 0 aliphatic heterocycles. The van der Waals surface area contributed by atoms with E-state index in [-0.39, 0.29) is 6.54 Å². The zero-order valence-corrected chi connectivity index (χ0v) is 7.30. The molecule has 1 aromatic heterocycles. The van der Waals surface area contributed by atoms with Crippen LogP contribution in [0.2, 0.25) is 0 Å². The number of hydrogen-bond donors (Lipinski definition) is 1. The average Bonchev–Trinajstić information content (AvgIpc) is 2.16. The highest BCUT2D eigenvalue weighted by molar-refractivity contribution is 5.85. The summed E-state index contributed by atoms with van der Waals surface area (Å²) in [5, 5.41) is 0.786. The summed E-state index contributed by atoms with van der Waals surface area (Å²) in [6.07, 6.45) is 1.49. The second kappa shape index (κ2) is 3.31. The number of pyridine rings is 1. The molecule has 0 spiro atoms. The van der Waals surface area contributed by atoms with E-state index in [4.69, 9.17) is 5.73 Å². The predicted octanol–water partition coefficient (Wildman–Crippen LogP) is 1.97. The maximum atomic E-state index is 13.4. The lowest BCUT2D eigenvalue weighted by Gasteiger charge is -2.04. The van der Waals surface area contributed by atoms with Crippen molar-refractivity contribution < 1.29 is 8.78 Å². The van der Waals surface area contributed by atoms with Crippen LogP contribution < -0.4 is 5.73 Å². The van der Waals surface area contributed by atoms with Crippen LogP contribution >= 0.6 is 0 Å². The highest BCUT2D eigenvalue weighted by Crippen LogP contribution is 2.21. The molecule has 0 saturated carbocycles. The Kier molecular flexibility index (Phi) is 2.13. The number of nitrogens with two attached hydrogens (primary N) is 1. The Labute approximate surface area is 79.4 Å². The van der Waals surface area contributed by atoms with Gasteiger partial charge in [0.2, 0.25) is 0 Å². The Hall–Kier alpha value is -1.55. The molecule has 0 fully saturated rings. The first kappa shape index (κ1) is 9.02. The summed E-state index contributed by atoms with van der Waals surface area (Å²) in [5.41, 5.74) is 5.84. The van der Waals surface area contributed by atoms with Gasteiger partial charge in [0.15, 0.2) is 0 Å². The monoisotopic (exact) mass is 194 g/mol. The van der Waals surface area contributed by atoms with Crippen molar-refractivity contribution in [2.75, 3.05) is 0 Å². The Bertz CT molecular complexity index is 483. The van der Waals surface area contributed by atoms with Crippen LogP contribution in [0, 0.1) is 11.6 Å². The molecule has 2 rings (SSSR count). The van der Waals surface area contributed by atoms with Crippen molar-refractivity contribution in [3.63, 3.8) is 0 Å². The van der Waals surface area contributed by atoms with Crippen LogP contribution in [0.15, 0.2) is 24.4 Å². The van der Waals surface area contributed by atoms with Crippen LogP contribution in [0.25, 0.3) is 10.8 Å². The fraction of sp³-hybridized carbons (Fsp3) is 0.100. The zero-order valence-electron chi connectivity index (χ0n) is 7.30. The Morgan fingerprint density at radius 2 is 2.07 bits per heavy atom. The first-order valence-corrected chi connectivity index (χ1v) is 4.15. The third-order valence-corrected chi connectivity index (χ3v) is 2.05. The summed E-state index contributed by atoms with van der Waals surface area (Å²) in [6, 6.07) is 3.66. The van der Waals surface area contributed by atoms with Gasteiger partial charge < -0.3 is 5.73 Å². The number of halogens is 2. The van der Waals surface area contributed by atoms with Crippen molar-refractivity contribution in [2.45, 2.75) is 6.54 Å². The molecular weight excluding hydrogens is 186 g/mol. The number of rotatable bonds is 1. The van der Waals surface area contributed by atoms with Crippen molar-refractivity contribution in [3.05, 3.63) is 41.7 Å². The van der Waals surface area contributed by atoms with Gasteiger partial charge in [0.25, 0.3) is 0 Å². The molecule has 14 heavy (non-hydrogen) atoms. The highest BCUT2D eigenvalue weighted by Gasteiger charge is 2.08. The third kappa shape index (κ3) is 1.33. The molecular formula is C10H8F2N2. The molecule has 1 heterocycles. The van der Waals surface area contributed by atoms with Crippen LogP contribution in [0.1, 0.15) is 5.69 Å². The van der Waals surface area contributed by atoms with Gasteiger partial charge in [0.05, 0.1) is 5.69 Å². The summed E-state index contributed by atoms with van der Waals surface area (Å²) in [6.45, 7) is 0.139. The van der Waals surface area contributed by atoms with E-state index >= 15 is 0 Å². The van der Waals surface area contributed by atoms with Gasteiger partial charge >= 0.3 is 0 Å². The van der Waals surface area contributed by atoms with Gasteiger partial charge in [-0.15, -0.1) is 0 Å². The molecule has 0 amide bonds. The molecule has 0 aliphatic rings. The Morgan fingerprint density at radius 3 is 2.79 bits per heavy atom. The topological polar surface area (TPSA) is 38.9 Å². The molecule has 2 aromatic rings. The molecule has 2 N–H and O–H groups in total. The molecule has 0 radical (unpaired) electrons. The lowest BCUT2D eigenvalue weighted by molar-refractivity contribution is 0.591. The molecule has 4 heteroatoms. The van der Waals surface area contributed by atoms with Crippen molar-refractivity contribution in [1.82, 2.24) is 4.98 Å². The van der Waals surface area contributed by atoms with Crippen LogP contribution in [0.5, 0.6) is 0 Å². The van der Waals surface area contributed by atoms with Crippen molar-refractivity contribution in [1.29, 1.82) is 0 Å². The molecule has 0 bridgehead atoms. The van der Waals surface area contributed by atoms with Gasteiger partial charge in [-0.05, 0) is 17.5 Å². The van der Waals surface area contributed by atoms with E-state index in [0.717, 1.165) is 6.07 Å². The predicted molar refractivity (Wildman–Crippen MR) is 49.6 cm³/mol. The minimum Gasteiger partial charge on any atom is -0.325 e. The van der Waals surface area contributed by atoms with Gasteiger partial charge in [-0.3, -0.25) is 4.98 Å². The minimum absolute atomic E-state index is 0.139. The normalized spacial score (nSPS) is 10.8. The molecule has 0 aliphatic carbocycles. The van der Waals surface area contributed by atoms with E-state index in [9.17, 15) is 8.78 Å². The van der Waals surface area contributed by atoms with Crippen LogP contribution in [0.4, 0.5) is 8.78 Å².